The van der Waals surface area contributed by atoms with E-state index < -0.39 is 12.6 Å². The van der Waals surface area contributed by atoms with Gasteiger partial charge in [0.1, 0.15) is 11.5 Å². The third-order valence-electron chi connectivity index (χ3n) is 7.00. The van der Waals surface area contributed by atoms with Crippen LogP contribution < -0.4 is 9.47 Å². The molecule has 0 spiro atoms. The van der Waals surface area contributed by atoms with Crippen molar-refractivity contribution in [1.29, 1.82) is 0 Å². The quantitative estimate of drug-likeness (QED) is 0.267. The lowest BCUT2D eigenvalue weighted by Gasteiger charge is -2.41. The van der Waals surface area contributed by atoms with Crippen molar-refractivity contribution in [2.45, 2.75) is 58.0 Å². The molecule has 0 heterocycles. The minimum atomic E-state index is -2.88. The maximum Gasteiger partial charge on any atom is 0.387 e. The van der Waals surface area contributed by atoms with E-state index in [1.807, 2.05) is 24.3 Å². The zero-order valence-electron chi connectivity index (χ0n) is 18.4. The molecule has 2 aromatic carbocycles. The molecule has 0 aromatic heterocycles. The van der Waals surface area contributed by atoms with Gasteiger partial charge in [-0.2, -0.15) is 8.78 Å². The first kappa shape index (κ1) is 22.5. The van der Waals surface area contributed by atoms with Crippen LogP contribution in [-0.4, -0.2) is 12.6 Å². The summed E-state index contributed by atoms with van der Waals surface area (Å²) >= 11 is 0. The fourth-order valence-electron chi connectivity index (χ4n) is 5.42. The van der Waals surface area contributed by atoms with Crippen molar-refractivity contribution in [2.24, 2.45) is 17.8 Å². The molecule has 32 heavy (non-hydrogen) atoms. The maximum atomic E-state index is 12.5. The van der Waals surface area contributed by atoms with E-state index in [1.54, 1.807) is 0 Å². The summed E-state index contributed by atoms with van der Waals surface area (Å²) in [6.45, 7) is -0.769. The molecule has 4 atom stereocenters. The zero-order chi connectivity index (χ0) is 22.5. The standard InChI is InChI=1S/C27H30F2O3/c1-2-3-18-4-5-23-17-22(11-10-21(23)16-18)19-6-8-20(9-7-19)26(30)31-24-12-14-25(15-13-24)32-27(28)29/h2-3,6-9,12-15,18,21-23,27H,4-5,10-11,16-17H2,1H3/b3-2+. The molecule has 4 rings (SSSR count). The van der Waals surface area contributed by atoms with Crippen molar-refractivity contribution >= 4 is 5.97 Å². The summed E-state index contributed by atoms with van der Waals surface area (Å²) in [4.78, 5) is 12.5. The van der Waals surface area contributed by atoms with E-state index in [2.05, 4.69) is 23.8 Å². The minimum Gasteiger partial charge on any atom is -0.435 e. The van der Waals surface area contributed by atoms with Crippen LogP contribution in [0.25, 0.3) is 0 Å². The number of hydrogen-bond acceptors (Lipinski definition) is 3. The number of benzene rings is 2. The highest BCUT2D eigenvalue weighted by atomic mass is 19.3. The van der Waals surface area contributed by atoms with E-state index in [1.165, 1.54) is 68.4 Å². The zero-order valence-corrected chi connectivity index (χ0v) is 18.4. The number of fused-ring (bicyclic) bond motifs is 1. The van der Waals surface area contributed by atoms with E-state index >= 15 is 0 Å². The molecule has 2 saturated carbocycles. The largest absolute Gasteiger partial charge is 0.435 e. The lowest BCUT2D eigenvalue weighted by Crippen LogP contribution is -2.30. The highest BCUT2D eigenvalue weighted by molar-refractivity contribution is 5.91. The number of esters is 1. The van der Waals surface area contributed by atoms with Gasteiger partial charge in [-0.25, -0.2) is 4.79 Å². The Morgan fingerprint density at radius 3 is 2.25 bits per heavy atom. The van der Waals surface area contributed by atoms with E-state index in [0.29, 0.717) is 11.5 Å². The van der Waals surface area contributed by atoms with Crippen LogP contribution in [0.2, 0.25) is 0 Å². The van der Waals surface area contributed by atoms with Gasteiger partial charge >= 0.3 is 12.6 Å². The van der Waals surface area contributed by atoms with Gasteiger partial charge in [0.15, 0.2) is 0 Å². The van der Waals surface area contributed by atoms with Crippen LogP contribution in [0.3, 0.4) is 0 Å². The van der Waals surface area contributed by atoms with Gasteiger partial charge < -0.3 is 9.47 Å². The van der Waals surface area contributed by atoms with Gasteiger partial charge in [-0.1, -0.05) is 24.3 Å². The van der Waals surface area contributed by atoms with Gasteiger partial charge in [-0.15, -0.1) is 0 Å². The first-order valence-electron chi connectivity index (χ1n) is 11.5. The van der Waals surface area contributed by atoms with E-state index in [-0.39, 0.29) is 11.5 Å². The molecular formula is C27H30F2O3. The third-order valence-corrected chi connectivity index (χ3v) is 7.00. The Kier molecular flexibility index (Phi) is 7.23. The highest BCUT2D eigenvalue weighted by Gasteiger charge is 2.35. The van der Waals surface area contributed by atoms with Crippen LogP contribution in [0.4, 0.5) is 8.78 Å². The molecule has 3 nitrogen and oxygen atoms in total. The number of rotatable bonds is 6. The number of carbonyl (C=O) groups is 1. The van der Waals surface area contributed by atoms with Gasteiger partial charge in [-0.3, -0.25) is 0 Å². The van der Waals surface area contributed by atoms with Crippen LogP contribution in [0.1, 0.15) is 67.3 Å². The summed E-state index contributed by atoms with van der Waals surface area (Å²) in [5.41, 5.74) is 1.77. The Balaban J connectivity index is 1.33. The van der Waals surface area contributed by atoms with Gasteiger partial charge in [0.05, 0.1) is 5.56 Å². The predicted molar refractivity (Wildman–Crippen MR) is 120 cm³/mol. The van der Waals surface area contributed by atoms with Crippen molar-refractivity contribution in [3.8, 4) is 11.5 Å². The molecular weight excluding hydrogens is 410 g/mol. The van der Waals surface area contributed by atoms with Crippen LogP contribution >= 0.6 is 0 Å². The third kappa shape index (κ3) is 5.56. The van der Waals surface area contributed by atoms with Gasteiger partial charge in [0.25, 0.3) is 0 Å². The Labute approximate surface area is 188 Å². The molecule has 2 aliphatic rings. The highest BCUT2D eigenvalue weighted by Crippen LogP contribution is 2.47. The average molecular weight is 441 g/mol. The Morgan fingerprint density at radius 1 is 0.906 bits per heavy atom. The molecule has 170 valence electrons. The number of carbonyl (C=O) groups excluding carboxylic acids is 1. The number of halogens is 2. The van der Waals surface area contributed by atoms with E-state index in [4.69, 9.17) is 4.74 Å². The van der Waals surface area contributed by atoms with Crippen LogP contribution in [0.5, 0.6) is 11.5 Å². The fourth-order valence-corrected chi connectivity index (χ4v) is 5.42. The van der Waals surface area contributed by atoms with Gasteiger partial charge in [-0.05, 0) is 111 Å². The van der Waals surface area contributed by atoms with Crippen molar-refractivity contribution in [3.63, 3.8) is 0 Å². The average Bonchev–Trinajstić information content (AvgIpc) is 2.80. The molecule has 0 aliphatic heterocycles. The summed E-state index contributed by atoms with van der Waals surface area (Å²) < 4.78 is 34.1. The summed E-state index contributed by atoms with van der Waals surface area (Å²) in [6, 6.07) is 13.3. The molecule has 4 unspecified atom stereocenters. The van der Waals surface area contributed by atoms with Gasteiger partial charge in [0.2, 0.25) is 0 Å². The fraction of sp³-hybridized carbons (Fsp3) is 0.444. The maximum absolute atomic E-state index is 12.5. The second kappa shape index (κ2) is 10.3. The number of allylic oxidation sites excluding steroid dienone is 2. The lowest BCUT2D eigenvalue weighted by atomic mass is 9.64. The second-order valence-corrected chi connectivity index (χ2v) is 8.99. The van der Waals surface area contributed by atoms with Crippen LogP contribution in [-0.2, 0) is 0 Å². The molecule has 2 fully saturated rings. The molecule has 0 saturated heterocycles. The van der Waals surface area contributed by atoms with Crippen molar-refractivity contribution in [3.05, 3.63) is 71.8 Å². The lowest BCUT2D eigenvalue weighted by molar-refractivity contribution is -0.0498. The summed E-state index contributed by atoms with van der Waals surface area (Å²) in [5.74, 6) is 2.83. The molecule has 2 aliphatic carbocycles. The Bertz CT molecular complexity index is 921. The molecule has 5 heteroatoms. The molecule has 0 radical (unpaired) electrons. The molecule has 0 bridgehead atoms. The van der Waals surface area contributed by atoms with E-state index in [0.717, 1.165) is 17.8 Å². The van der Waals surface area contributed by atoms with E-state index in [9.17, 15) is 13.6 Å². The Morgan fingerprint density at radius 2 is 1.56 bits per heavy atom. The summed E-state index contributed by atoms with van der Waals surface area (Å²) in [7, 11) is 0. The van der Waals surface area contributed by atoms with Crippen LogP contribution in [0.15, 0.2) is 60.7 Å². The first-order chi connectivity index (χ1) is 15.5. The van der Waals surface area contributed by atoms with Gasteiger partial charge in [0, 0.05) is 0 Å². The SMILES string of the molecule is C/C=C/C1CCC2CC(c3ccc(C(=O)Oc4ccc(OC(F)F)cc4)cc3)CCC2C1. The number of hydrogen-bond donors (Lipinski definition) is 0. The second-order valence-electron chi connectivity index (χ2n) is 8.99. The topological polar surface area (TPSA) is 35.5 Å². The predicted octanol–water partition coefficient (Wildman–Crippen LogP) is 7.38. The molecule has 0 amide bonds. The molecule has 0 N–H and O–H groups in total. The smallest absolute Gasteiger partial charge is 0.387 e. The van der Waals surface area contributed by atoms with Crippen molar-refractivity contribution < 1.29 is 23.0 Å². The summed E-state index contributed by atoms with van der Waals surface area (Å²) in [6.07, 6.45) is 12.3. The number of ether oxygens (including phenoxy) is 2. The number of alkyl halides is 2. The van der Waals surface area contributed by atoms with Crippen molar-refractivity contribution in [2.75, 3.05) is 0 Å². The Hall–Kier alpha value is -2.69. The van der Waals surface area contributed by atoms with Crippen molar-refractivity contribution in [1.82, 2.24) is 0 Å². The monoisotopic (exact) mass is 440 g/mol. The molecule has 2 aromatic rings. The summed E-state index contributed by atoms with van der Waals surface area (Å²) in [5, 5.41) is 0. The normalized spacial score (nSPS) is 25.5. The first-order valence-corrected chi connectivity index (χ1v) is 11.5. The minimum absolute atomic E-state index is 0.0224. The van der Waals surface area contributed by atoms with Crippen LogP contribution in [0, 0.1) is 17.8 Å².